The number of hydrogen-bond acceptors (Lipinski definition) is 5. The van der Waals surface area contributed by atoms with Crippen LogP contribution in [0.25, 0.3) is 0 Å². The summed E-state index contributed by atoms with van der Waals surface area (Å²) in [6, 6.07) is 8.05. The van der Waals surface area contributed by atoms with Gasteiger partial charge in [0.1, 0.15) is 5.60 Å². The van der Waals surface area contributed by atoms with Crippen molar-refractivity contribution in [3.8, 4) is 0 Å². The van der Waals surface area contributed by atoms with E-state index in [1.165, 1.54) is 0 Å². The van der Waals surface area contributed by atoms with Crippen LogP contribution in [0.4, 0.5) is 10.5 Å². The van der Waals surface area contributed by atoms with Gasteiger partial charge < -0.3 is 21.5 Å². The number of anilines is 1. The predicted octanol–water partition coefficient (Wildman–Crippen LogP) is 1.87. The van der Waals surface area contributed by atoms with Crippen molar-refractivity contribution in [1.29, 1.82) is 0 Å². The molecule has 5 N–H and O–H groups in total. The van der Waals surface area contributed by atoms with E-state index in [0.29, 0.717) is 6.54 Å². The summed E-state index contributed by atoms with van der Waals surface area (Å²) in [6.07, 6.45) is 0.534. The highest BCUT2D eigenvalue weighted by Gasteiger charge is 2.30. The molecular weight excluding hydrogens is 292 g/mol. The Morgan fingerprint density at radius 2 is 2.04 bits per heavy atom. The smallest absolute Gasteiger partial charge is 0.407 e. The van der Waals surface area contributed by atoms with Crippen LogP contribution in [0, 0.1) is 0 Å². The van der Waals surface area contributed by atoms with Gasteiger partial charge in [-0.15, -0.1) is 0 Å². The van der Waals surface area contributed by atoms with Crippen molar-refractivity contribution in [3.63, 3.8) is 0 Å². The third-order valence-electron chi connectivity index (χ3n) is 3.93. The maximum absolute atomic E-state index is 11.9. The molecule has 0 bridgehead atoms. The number of hydrogen-bond donors (Lipinski definition) is 3. The standard InChI is InChI=1S/C17H28N4O2/c1-17(2,3)23-16(22)20-14-8-9-21(11-14)15(10-18)12-4-6-13(19)7-5-12/h4-7,14-15H,8-11,18-19H2,1-3H3,(H,20,22). The molecule has 0 aliphatic carbocycles. The second-order valence-electron chi connectivity index (χ2n) is 7.04. The number of ether oxygens (including phenoxy) is 1. The van der Waals surface area contributed by atoms with Crippen molar-refractivity contribution in [2.75, 3.05) is 25.4 Å². The Morgan fingerprint density at radius 1 is 1.39 bits per heavy atom. The second kappa shape index (κ2) is 7.19. The number of carbonyl (C=O) groups excluding carboxylic acids is 1. The van der Waals surface area contributed by atoms with Gasteiger partial charge in [-0.2, -0.15) is 0 Å². The summed E-state index contributed by atoms with van der Waals surface area (Å²) >= 11 is 0. The number of nitrogens with one attached hydrogen (secondary N) is 1. The molecular formula is C17H28N4O2. The van der Waals surface area contributed by atoms with Gasteiger partial charge in [-0.05, 0) is 44.9 Å². The van der Waals surface area contributed by atoms with Gasteiger partial charge in [0.05, 0.1) is 0 Å². The molecule has 128 valence electrons. The van der Waals surface area contributed by atoms with Gasteiger partial charge in [-0.1, -0.05) is 12.1 Å². The number of amides is 1. The number of carbonyl (C=O) groups is 1. The van der Waals surface area contributed by atoms with E-state index in [1.807, 2.05) is 45.0 Å². The zero-order valence-corrected chi connectivity index (χ0v) is 14.2. The topological polar surface area (TPSA) is 93.6 Å². The van der Waals surface area contributed by atoms with E-state index in [-0.39, 0.29) is 18.2 Å². The lowest BCUT2D eigenvalue weighted by molar-refractivity contribution is 0.0504. The van der Waals surface area contributed by atoms with E-state index in [4.69, 9.17) is 16.2 Å². The summed E-state index contributed by atoms with van der Waals surface area (Å²) in [5.41, 5.74) is 13.1. The minimum Gasteiger partial charge on any atom is -0.444 e. The number of likely N-dealkylation sites (tertiary alicyclic amines) is 1. The number of nitrogens with zero attached hydrogens (tertiary/aromatic N) is 1. The van der Waals surface area contributed by atoms with Crippen LogP contribution in [0.5, 0.6) is 0 Å². The number of benzene rings is 1. The van der Waals surface area contributed by atoms with Crippen LogP contribution in [0.2, 0.25) is 0 Å². The van der Waals surface area contributed by atoms with Crippen molar-refractivity contribution in [3.05, 3.63) is 29.8 Å². The summed E-state index contributed by atoms with van der Waals surface area (Å²) in [4.78, 5) is 14.2. The zero-order valence-electron chi connectivity index (χ0n) is 14.2. The molecule has 23 heavy (non-hydrogen) atoms. The third-order valence-corrected chi connectivity index (χ3v) is 3.93. The van der Waals surface area contributed by atoms with Gasteiger partial charge in [0, 0.05) is 37.4 Å². The highest BCUT2D eigenvalue weighted by Crippen LogP contribution is 2.25. The second-order valence-corrected chi connectivity index (χ2v) is 7.04. The first-order chi connectivity index (χ1) is 10.8. The SMILES string of the molecule is CC(C)(C)OC(=O)NC1CCN(C(CN)c2ccc(N)cc2)C1. The first-order valence-electron chi connectivity index (χ1n) is 8.07. The average Bonchev–Trinajstić information content (AvgIpc) is 2.87. The fourth-order valence-electron chi connectivity index (χ4n) is 2.88. The lowest BCUT2D eigenvalue weighted by Crippen LogP contribution is -2.41. The predicted molar refractivity (Wildman–Crippen MR) is 92.0 cm³/mol. The largest absolute Gasteiger partial charge is 0.444 e. The molecule has 2 atom stereocenters. The van der Waals surface area contributed by atoms with Crippen molar-refractivity contribution in [2.45, 2.75) is 44.9 Å². The molecule has 1 saturated heterocycles. The van der Waals surface area contributed by atoms with Gasteiger partial charge in [0.15, 0.2) is 0 Å². The Morgan fingerprint density at radius 3 is 2.61 bits per heavy atom. The van der Waals surface area contributed by atoms with Gasteiger partial charge in [-0.25, -0.2) is 4.79 Å². The molecule has 1 aromatic carbocycles. The van der Waals surface area contributed by atoms with E-state index < -0.39 is 5.60 Å². The monoisotopic (exact) mass is 320 g/mol. The van der Waals surface area contributed by atoms with Gasteiger partial charge in [0.25, 0.3) is 0 Å². The molecule has 1 amide bonds. The Balaban J connectivity index is 1.93. The maximum Gasteiger partial charge on any atom is 0.407 e. The van der Waals surface area contributed by atoms with E-state index in [1.54, 1.807) is 0 Å². The normalized spacial score (nSPS) is 20.3. The van der Waals surface area contributed by atoms with Crippen LogP contribution in [0.15, 0.2) is 24.3 Å². The van der Waals surface area contributed by atoms with Gasteiger partial charge in [-0.3, -0.25) is 4.90 Å². The van der Waals surface area contributed by atoms with Gasteiger partial charge >= 0.3 is 6.09 Å². The third kappa shape index (κ3) is 5.11. The maximum atomic E-state index is 11.9. The molecule has 2 rings (SSSR count). The highest BCUT2D eigenvalue weighted by molar-refractivity contribution is 5.68. The molecule has 6 heteroatoms. The zero-order chi connectivity index (χ0) is 17.0. The van der Waals surface area contributed by atoms with Crippen molar-refractivity contribution >= 4 is 11.8 Å². The summed E-state index contributed by atoms with van der Waals surface area (Å²) in [6.45, 7) is 7.78. The van der Waals surface area contributed by atoms with E-state index >= 15 is 0 Å². The number of nitrogen functional groups attached to an aromatic ring is 1. The Bertz CT molecular complexity index is 524. The molecule has 1 fully saturated rings. The fourth-order valence-corrected chi connectivity index (χ4v) is 2.88. The average molecular weight is 320 g/mol. The molecule has 0 saturated carbocycles. The van der Waals surface area contributed by atoms with Crippen LogP contribution < -0.4 is 16.8 Å². The van der Waals surface area contributed by atoms with Crippen LogP contribution >= 0.6 is 0 Å². The lowest BCUT2D eigenvalue weighted by Gasteiger charge is -2.27. The summed E-state index contributed by atoms with van der Waals surface area (Å²) in [5, 5.41) is 2.94. The Kier molecular flexibility index (Phi) is 5.49. The van der Waals surface area contributed by atoms with E-state index in [0.717, 1.165) is 30.8 Å². The van der Waals surface area contributed by atoms with E-state index in [2.05, 4.69) is 10.2 Å². The molecule has 1 aromatic rings. The Hall–Kier alpha value is -1.79. The van der Waals surface area contributed by atoms with Crippen LogP contribution in [-0.4, -0.2) is 42.3 Å². The van der Waals surface area contributed by atoms with Crippen LogP contribution in [-0.2, 0) is 4.74 Å². The molecule has 1 aliphatic rings. The molecule has 1 heterocycles. The molecule has 1 aliphatic heterocycles. The number of alkyl carbamates (subject to hydrolysis) is 1. The summed E-state index contributed by atoms with van der Waals surface area (Å²) in [5.74, 6) is 0. The molecule has 6 nitrogen and oxygen atoms in total. The van der Waals surface area contributed by atoms with Gasteiger partial charge in [0.2, 0.25) is 0 Å². The lowest BCUT2D eigenvalue weighted by atomic mass is 10.1. The summed E-state index contributed by atoms with van der Waals surface area (Å²) < 4.78 is 5.31. The summed E-state index contributed by atoms with van der Waals surface area (Å²) in [7, 11) is 0. The van der Waals surface area contributed by atoms with E-state index in [9.17, 15) is 4.79 Å². The Labute approximate surface area is 138 Å². The molecule has 2 unspecified atom stereocenters. The first kappa shape index (κ1) is 17.6. The number of nitrogens with two attached hydrogens (primary N) is 2. The van der Waals surface area contributed by atoms with Crippen molar-refractivity contribution in [2.24, 2.45) is 5.73 Å². The first-order valence-corrected chi connectivity index (χ1v) is 8.07. The minimum absolute atomic E-state index is 0.0904. The molecule has 0 spiro atoms. The molecule has 0 aromatic heterocycles. The highest BCUT2D eigenvalue weighted by atomic mass is 16.6. The number of rotatable bonds is 4. The van der Waals surface area contributed by atoms with Crippen molar-refractivity contribution in [1.82, 2.24) is 10.2 Å². The minimum atomic E-state index is -0.480. The van der Waals surface area contributed by atoms with Crippen LogP contribution in [0.1, 0.15) is 38.8 Å². The van der Waals surface area contributed by atoms with Crippen LogP contribution in [0.3, 0.4) is 0 Å². The van der Waals surface area contributed by atoms with Crippen molar-refractivity contribution < 1.29 is 9.53 Å². The quantitative estimate of drug-likeness (QED) is 0.736. The molecule has 0 radical (unpaired) electrons. The fraction of sp³-hybridized carbons (Fsp3) is 0.588.